The fraction of sp³-hybridized carbons (Fsp3) is 0.700. The number of hydrogen-bond donors (Lipinski definition) is 0. The van der Waals surface area contributed by atoms with Crippen LogP contribution in [0.4, 0.5) is 0 Å². The summed E-state index contributed by atoms with van der Waals surface area (Å²) < 4.78 is 4.17. The zero-order chi connectivity index (χ0) is 12.7. The van der Waals surface area contributed by atoms with Gasteiger partial charge in [0.05, 0.1) is 0 Å². The fourth-order valence-electron chi connectivity index (χ4n) is 1.40. The maximum Gasteiger partial charge on any atom is 0.204 e. The Morgan fingerprint density at radius 2 is 1.81 bits per heavy atom. The van der Waals surface area contributed by atoms with Crippen molar-refractivity contribution < 1.29 is 0 Å². The van der Waals surface area contributed by atoms with Crippen LogP contribution in [0.1, 0.15) is 26.6 Å². The molecule has 90 valence electrons. The number of nitrogens with zero attached hydrogens (tertiary/aromatic N) is 4. The van der Waals surface area contributed by atoms with E-state index in [1.165, 1.54) is 0 Å². The zero-order valence-corrected chi connectivity index (χ0v) is 12.2. The van der Waals surface area contributed by atoms with E-state index in [9.17, 15) is 0 Å². The van der Waals surface area contributed by atoms with Gasteiger partial charge in [0.1, 0.15) is 5.82 Å². The summed E-state index contributed by atoms with van der Waals surface area (Å²) in [7, 11) is 5.69. The summed E-state index contributed by atoms with van der Waals surface area (Å²) in [6, 6.07) is 0. The highest BCUT2D eigenvalue weighted by Crippen LogP contribution is 2.20. The van der Waals surface area contributed by atoms with Gasteiger partial charge in [-0.25, -0.2) is 0 Å². The molecule has 0 unspecified atom stereocenters. The van der Waals surface area contributed by atoms with Crippen LogP contribution in [0, 0.1) is 4.77 Å². The van der Waals surface area contributed by atoms with Crippen molar-refractivity contribution in [3.05, 3.63) is 10.6 Å². The molecular weight excluding hydrogens is 240 g/mol. The van der Waals surface area contributed by atoms with E-state index in [-0.39, 0.29) is 5.41 Å². The van der Waals surface area contributed by atoms with Crippen molar-refractivity contribution in [2.24, 2.45) is 7.05 Å². The van der Waals surface area contributed by atoms with Gasteiger partial charge in [0.15, 0.2) is 5.11 Å². The van der Waals surface area contributed by atoms with Gasteiger partial charge in [-0.2, -0.15) is 4.68 Å². The molecule has 0 aliphatic carbocycles. The Morgan fingerprint density at radius 1 is 1.31 bits per heavy atom. The Bertz CT molecular complexity index is 462. The highest BCUT2D eigenvalue weighted by molar-refractivity contribution is 7.80. The normalized spacial score (nSPS) is 11.6. The van der Waals surface area contributed by atoms with Crippen molar-refractivity contribution in [2.45, 2.75) is 26.2 Å². The van der Waals surface area contributed by atoms with Crippen molar-refractivity contribution in [3.63, 3.8) is 0 Å². The van der Waals surface area contributed by atoms with Gasteiger partial charge in [-0.05, 0) is 24.4 Å². The lowest BCUT2D eigenvalue weighted by Gasteiger charge is -2.16. The number of hydrogen-bond acceptors (Lipinski definition) is 3. The molecule has 6 heteroatoms. The summed E-state index contributed by atoms with van der Waals surface area (Å²) in [4.78, 5) is 1.82. The average molecular weight is 258 g/mol. The second-order valence-corrected chi connectivity index (χ2v) is 5.73. The summed E-state index contributed by atoms with van der Waals surface area (Å²) >= 11 is 10.6. The summed E-state index contributed by atoms with van der Waals surface area (Å²) in [5.41, 5.74) is -0.0461. The summed E-state index contributed by atoms with van der Waals surface area (Å²) in [6.07, 6.45) is 0. The first-order valence-electron chi connectivity index (χ1n) is 5.04. The Balaban J connectivity index is 3.37. The minimum atomic E-state index is -0.0461. The SMILES string of the molecule is CN(C)C(=S)n1nc(C(C)(C)C)n(C)c1=S. The van der Waals surface area contributed by atoms with Crippen molar-refractivity contribution in [1.29, 1.82) is 0 Å². The lowest BCUT2D eigenvalue weighted by atomic mass is 9.96. The molecule has 1 heterocycles. The molecule has 0 aliphatic heterocycles. The minimum absolute atomic E-state index is 0.0461. The predicted molar refractivity (Wildman–Crippen MR) is 72.4 cm³/mol. The monoisotopic (exact) mass is 258 g/mol. The Hall–Kier alpha value is -0.750. The lowest BCUT2D eigenvalue weighted by Crippen LogP contribution is -2.28. The molecule has 0 atom stereocenters. The molecule has 0 aromatic carbocycles. The Morgan fingerprint density at radius 3 is 2.12 bits per heavy atom. The maximum atomic E-state index is 5.33. The van der Waals surface area contributed by atoms with Crippen molar-refractivity contribution in [2.75, 3.05) is 14.1 Å². The van der Waals surface area contributed by atoms with Crippen LogP contribution in [0.5, 0.6) is 0 Å². The van der Waals surface area contributed by atoms with Crippen LogP contribution in [0.25, 0.3) is 0 Å². The second-order valence-electron chi connectivity index (χ2n) is 5.00. The molecule has 0 spiro atoms. The van der Waals surface area contributed by atoms with E-state index in [4.69, 9.17) is 24.4 Å². The molecule has 0 saturated heterocycles. The lowest BCUT2D eigenvalue weighted by molar-refractivity contribution is 0.516. The van der Waals surface area contributed by atoms with Gasteiger partial charge in [-0.1, -0.05) is 20.8 Å². The molecule has 1 aromatic heterocycles. The first-order chi connectivity index (χ1) is 7.16. The number of thiocarbonyl (C=S) groups is 1. The molecule has 0 N–H and O–H groups in total. The van der Waals surface area contributed by atoms with E-state index < -0.39 is 0 Å². The topological polar surface area (TPSA) is 26.0 Å². The molecule has 16 heavy (non-hydrogen) atoms. The van der Waals surface area contributed by atoms with Crippen LogP contribution in [-0.4, -0.2) is 38.5 Å². The predicted octanol–water partition coefficient (Wildman–Crippen LogP) is 1.94. The molecule has 0 bridgehead atoms. The van der Waals surface area contributed by atoms with Crippen LogP contribution >= 0.6 is 24.4 Å². The average Bonchev–Trinajstić information content (AvgIpc) is 2.42. The highest BCUT2D eigenvalue weighted by Gasteiger charge is 2.22. The van der Waals surface area contributed by atoms with Crippen LogP contribution < -0.4 is 0 Å². The summed E-state index contributed by atoms with van der Waals surface area (Å²) in [5, 5.41) is 5.10. The van der Waals surface area contributed by atoms with Crippen LogP contribution in [0.2, 0.25) is 0 Å². The third kappa shape index (κ3) is 2.32. The molecule has 1 aromatic rings. The first kappa shape index (κ1) is 13.3. The van der Waals surface area contributed by atoms with Crippen molar-refractivity contribution in [3.8, 4) is 0 Å². The van der Waals surface area contributed by atoms with Gasteiger partial charge < -0.3 is 9.47 Å². The van der Waals surface area contributed by atoms with E-state index in [1.807, 2.05) is 30.6 Å². The van der Waals surface area contributed by atoms with Crippen molar-refractivity contribution in [1.82, 2.24) is 19.2 Å². The van der Waals surface area contributed by atoms with Crippen LogP contribution in [-0.2, 0) is 12.5 Å². The molecule has 0 saturated carbocycles. The quantitative estimate of drug-likeness (QED) is 0.664. The zero-order valence-electron chi connectivity index (χ0n) is 10.6. The Kier molecular flexibility index (Phi) is 3.54. The van der Waals surface area contributed by atoms with Gasteiger partial charge in [0.25, 0.3) is 0 Å². The molecule has 0 amide bonds. The van der Waals surface area contributed by atoms with Crippen LogP contribution in [0.3, 0.4) is 0 Å². The van der Waals surface area contributed by atoms with Gasteiger partial charge >= 0.3 is 0 Å². The number of rotatable bonds is 0. The van der Waals surface area contributed by atoms with Gasteiger partial charge in [-0.3, -0.25) is 0 Å². The number of aromatic nitrogens is 3. The van der Waals surface area contributed by atoms with E-state index in [0.717, 1.165) is 5.82 Å². The minimum Gasteiger partial charge on any atom is -0.353 e. The largest absolute Gasteiger partial charge is 0.353 e. The van der Waals surface area contributed by atoms with E-state index in [2.05, 4.69) is 25.9 Å². The third-order valence-electron chi connectivity index (χ3n) is 2.22. The molecule has 0 aliphatic rings. The second kappa shape index (κ2) is 4.25. The molecule has 4 nitrogen and oxygen atoms in total. The first-order valence-corrected chi connectivity index (χ1v) is 5.86. The molecule has 1 rings (SSSR count). The molecule has 0 fully saturated rings. The van der Waals surface area contributed by atoms with Crippen molar-refractivity contribution >= 4 is 29.5 Å². The highest BCUT2D eigenvalue weighted by atomic mass is 32.1. The van der Waals surface area contributed by atoms with Gasteiger partial charge in [0, 0.05) is 26.6 Å². The third-order valence-corrected chi connectivity index (χ3v) is 3.20. The van der Waals surface area contributed by atoms with Gasteiger partial charge in [0.2, 0.25) is 4.77 Å². The molecular formula is C10H18N4S2. The standard InChI is InChI=1S/C10H18N4S2/c1-10(2,3)7-11-14(8(15)12(4)5)9(16)13(7)6/h1-6H3. The smallest absolute Gasteiger partial charge is 0.204 e. The van der Waals surface area contributed by atoms with E-state index in [1.54, 1.807) is 4.68 Å². The van der Waals surface area contributed by atoms with E-state index >= 15 is 0 Å². The summed E-state index contributed by atoms with van der Waals surface area (Å²) in [6.45, 7) is 6.31. The van der Waals surface area contributed by atoms with Gasteiger partial charge in [-0.15, -0.1) is 5.10 Å². The van der Waals surface area contributed by atoms with Crippen LogP contribution in [0.15, 0.2) is 0 Å². The fourth-order valence-corrected chi connectivity index (χ4v) is 1.80. The van der Waals surface area contributed by atoms with E-state index in [0.29, 0.717) is 9.88 Å². The Labute approximate surface area is 107 Å². The molecule has 0 radical (unpaired) electrons. The summed E-state index contributed by atoms with van der Waals surface area (Å²) in [5.74, 6) is 0.932. The maximum absolute atomic E-state index is 5.33.